The van der Waals surface area contributed by atoms with Crippen LogP contribution in [0.3, 0.4) is 0 Å². The predicted octanol–water partition coefficient (Wildman–Crippen LogP) is 3.56. The third kappa shape index (κ3) is 3.47. The second kappa shape index (κ2) is 6.06. The Morgan fingerprint density at radius 1 is 1.18 bits per heavy atom. The Morgan fingerprint density at radius 2 is 1.88 bits per heavy atom. The Hall–Kier alpha value is -1.02. The monoisotopic (exact) mass is 233 g/mol. The lowest BCUT2D eigenvalue weighted by atomic mass is 10.1. The molecular weight excluding hydrogens is 210 g/mol. The van der Waals surface area contributed by atoms with E-state index >= 15 is 0 Å². The summed E-state index contributed by atoms with van der Waals surface area (Å²) >= 11 is 0. The summed E-state index contributed by atoms with van der Waals surface area (Å²) < 4.78 is 6.15. The minimum Gasteiger partial charge on any atom is -0.490 e. The molecule has 94 valence electrons. The van der Waals surface area contributed by atoms with E-state index in [-0.39, 0.29) is 0 Å². The number of aryl methyl sites for hydroxylation is 1. The van der Waals surface area contributed by atoms with Gasteiger partial charge in [0.05, 0.1) is 6.10 Å². The highest BCUT2D eigenvalue weighted by atomic mass is 16.5. The highest BCUT2D eigenvalue weighted by Crippen LogP contribution is 2.26. The van der Waals surface area contributed by atoms with Gasteiger partial charge in [0.25, 0.3) is 0 Å². The van der Waals surface area contributed by atoms with E-state index in [2.05, 4.69) is 25.1 Å². The summed E-state index contributed by atoms with van der Waals surface area (Å²) in [5.74, 6) is 1.03. The van der Waals surface area contributed by atoms with Crippen molar-refractivity contribution < 1.29 is 4.74 Å². The van der Waals surface area contributed by atoms with Gasteiger partial charge in [0.15, 0.2) is 0 Å². The van der Waals surface area contributed by atoms with E-state index in [9.17, 15) is 0 Å². The summed E-state index contributed by atoms with van der Waals surface area (Å²) in [4.78, 5) is 0. The van der Waals surface area contributed by atoms with Gasteiger partial charge >= 0.3 is 0 Å². The first-order valence-corrected chi connectivity index (χ1v) is 6.76. The predicted molar refractivity (Wildman–Crippen MR) is 71.2 cm³/mol. The average molecular weight is 233 g/mol. The molecule has 0 atom stereocenters. The minimum atomic E-state index is 0.407. The molecule has 0 heterocycles. The molecule has 1 aliphatic rings. The fourth-order valence-corrected chi connectivity index (χ4v) is 2.44. The second-order valence-corrected chi connectivity index (χ2v) is 5.04. The van der Waals surface area contributed by atoms with E-state index in [4.69, 9.17) is 10.5 Å². The summed E-state index contributed by atoms with van der Waals surface area (Å²) in [6.45, 7) is 2.69. The first-order chi connectivity index (χ1) is 8.29. The van der Waals surface area contributed by atoms with Crippen molar-refractivity contribution in [1.82, 2.24) is 0 Å². The molecule has 1 aromatic rings. The number of benzene rings is 1. The van der Waals surface area contributed by atoms with Crippen LogP contribution >= 0.6 is 0 Å². The first-order valence-electron chi connectivity index (χ1n) is 6.76. The van der Waals surface area contributed by atoms with E-state index in [1.54, 1.807) is 0 Å². The molecule has 0 aromatic heterocycles. The topological polar surface area (TPSA) is 35.2 Å². The number of rotatable bonds is 3. The number of hydrogen-bond acceptors (Lipinski definition) is 2. The van der Waals surface area contributed by atoms with Crippen LogP contribution in [0.5, 0.6) is 5.75 Å². The summed E-state index contributed by atoms with van der Waals surface area (Å²) in [6.07, 6.45) is 8.15. The maximum Gasteiger partial charge on any atom is 0.122 e. The van der Waals surface area contributed by atoms with Gasteiger partial charge in [-0.3, -0.25) is 0 Å². The molecular formula is C15H23NO. The van der Waals surface area contributed by atoms with Crippen molar-refractivity contribution >= 4 is 0 Å². The Morgan fingerprint density at radius 3 is 2.53 bits per heavy atom. The smallest absolute Gasteiger partial charge is 0.122 e. The van der Waals surface area contributed by atoms with Gasteiger partial charge in [-0.05, 0) is 49.8 Å². The summed E-state index contributed by atoms with van der Waals surface area (Å²) in [5, 5.41) is 0. The largest absolute Gasteiger partial charge is 0.490 e. The number of hydrogen-bond donors (Lipinski definition) is 1. The number of ether oxygens (including phenoxy) is 1. The fraction of sp³-hybridized carbons (Fsp3) is 0.600. The third-order valence-corrected chi connectivity index (χ3v) is 3.58. The molecule has 0 radical (unpaired) electrons. The zero-order valence-electron chi connectivity index (χ0n) is 10.7. The highest BCUT2D eigenvalue weighted by Gasteiger charge is 2.14. The SMILES string of the molecule is Cc1ccc(CN)cc1OC1CCCCCC1. The molecule has 2 rings (SSSR count). The van der Waals surface area contributed by atoms with Gasteiger partial charge in [0.2, 0.25) is 0 Å². The average Bonchev–Trinajstić information content (AvgIpc) is 2.60. The van der Waals surface area contributed by atoms with E-state index in [0.29, 0.717) is 12.6 Å². The normalized spacial score (nSPS) is 17.8. The molecule has 2 N–H and O–H groups in total. The lowest BCUT2D eigenvalue weighted by molar-refractivity contribution is 0.182. The summed E-state index contributed by atoms with van der Waals surface area (Å²) in [6, 6.07) is 6.28. The molecule has 1 saturated carbocycles. The maximum absolute atomic E-state index is 6.15. The fourth-order valence-electron chi connectivity index (χ4n) is 2.44. The molecule has 0 spiro atoms. The van der Waals surface area contributed by atoms with Crippen LogP contribution in [0, 0.1) is 6.92 Å². The Kier molecular flexibility index (Phi) is 4.43. The molecule has 0 saturated heterocycles. The zero-order chi connectivity index (χ0) is 12.1. The van der Waals surface area contributed by atoms with E-state index < -0.39 is 0 Å². The van der Waals surface area contributed by atoms with Crippen molar-refractivity contribution in [3.05, 3.63) is 29.3 Å². The van der Waals surface area contributed by atoms with Crippen LogP contribution in [0.1, 0.15) is 49.7 Å². The molecule has 2 heteroatoms. The second-order valence-electron chi connectivity index (χ2n) is 5.04. The van der Waals surface area contributed by atoms with Crippen LogP contribution in [-0.2, 0) is 6.54 Å². The molecule has 1 aliphatic carbocycles. The molecule has 0 amide bonds. The zero-order valence-corrected chi connectivity index (χ0v) is 10.7. The quantitative estimate of drug-likeness (QED) is 0.810. The summed E-state index contributed by atoms with van der Waals surface area (Å²) in [5.41, 5.74) is 8.04. The lowest BCUT2D eigenvalue weighted by Gasteiger charge is -2.19. The molecule has 1 fully saturated rings. The van der Waals surface area contributed by atoms with Crippen molar-refractivity contribution in [3.8, 4) is 5.75 Å². The van der Waals surface area contributed by atoms with Crippen LogP contribution in [0.2, 0.25) is 0 Å². The molecule has 17 heavy (non-hydrogen) atoms. The number of nitrogens with two attached hydrogens (primary N) is 1. The minimum absolute atomic E-state index is 0.407. The highest BCUT2D eigenvalue weighted by molar-refractivity contribution is 5.36. The van der Waals surface area contributed by atoms with Gasteiger partial charge in [0.1, 0.15) is 5.75 Å². The maximum atomic E-state index is 6.15. The Labute approximate surface area is 104 Å². The molecule has 1 aromatic carbocycles. The van der Waals surface area contributed by atoms with Crippen molar-refractivity contribution in [2.24, 2.45) is 5.73 Å². The van der Waals surface area contributed by atoms with E-state index in [1.165, 1.54) is 44.1 Å². The van der Waals surface area contributed by atoms with Gasteiger partial charge in [-0.25, -0.2) is 0 Å². The van der Waals surface area contributed by atoms with Crippen molar-refractivity contribution in [2.75, 3.05) is 0 Å². The van der Waals surface area contributed by atoms with E-state index in [0.717, 1.165) is 11.3 Å². The summed E-state index contributed by atoms with van der Waals surface area (Å²) in [7, 11) is 0. The van der Waals surface area contributed by atoms with Gasteiger partial charge < -0.3 is 10.5 Å². The van der Waals surface area contributed by atoms with Crippen LogP contribution in [0.15, 0.2) is 18.2 Å². The molecule has 0 aliphatic heterocycles. The molecule has 2 nitrogen and oxygen atoms in total. The molecule has 0 bridgehead atoms. The van der Waals surface area contributed by atoms with Crippen LogP contribution in [-0.4, -0.2) is 6.10 Å². The van der Waals surface area contributed by atoms with Gasteiger partial charge in [-0.2, -0.15) is 0 Å². The van der Waals surface area contributed by atoms with Gasteiger partial charge in [-0.1, -0.05) is 25.0 Å². The van der Waals surface area contributed by atoms with Crippen molar-refractivity contribution in [2.45, 2.75) is 58.1 Å². The van der Waals surface area contributed by atoms with Crippen LogP contribution in [0.25, 0.3) is 0 Å². The standard InChI is InChI=1S/C15H23NO/c1-12-8-9-13(11-16)10-15(12)17-14-6-4-2-3-5-7-14/h8-10,14H,2-7,11,16H2,1H3. The lowest BCUT2D eigenvalue weighted by Crippen LogP contribution is -2.16. The van der Waals surface area contributed by atoms with Crippen molar-refractivity contribution in [3.63, 3.8) is 0 Å². The van der Waals surface area contributed by atoms with Gasteiger partial charge in [-0.15, -0.1) is 0 Å². The first kappa shape index (κ1) is 12.4. The van der Waals surface area contributed by atoms with Crippen LogP contribution in [0.4, 0.5) is 0 Å². The van der Waals surface area contributed by atoms with E-state index in [1.807, 2.05) is 0 Å². The third-order valence-electron chi connectivity index (χ3n) is 3.58. The Balaban J connectivity index is 2.05. The molecule has 0 unspecified atom stereocenters. The van der Waals surface area contributed by atoms with Crippen molar-refractivity contribution in [1.29, 1.82) is 0 Å². The Bertz CT molecular complexity index is 354. The van der Waals surface area contributed by atoms with Crippen LogP contribution < -0.4 is 10.5 Å². The van der Waals surface area contributed by atoms with Gasteiger partial charge in [0, 0.05) is 6.54 Å².